The average molecular weight is 397 g/mol. The summed E-state index contributed by atoms with van der Waals surface area (Å²) in [5.74, 6) is 0.493. The lowest BCUT2D eigenvalue weighted by molar-refractivity contribution is 0.0791. The first-order valence-corrected chi connectivity index (χ1v) is 9.71. The van der Waals surface area contributed by atoms with Gasteiger partial charge in [-0.05, 0) is 61.7 Å². The van der Waals surface area contributed by atoms with Crippen LogP contribution in [0.15, 0.2) is 36.4 Å². The maximum Gasteiger partial charge on any atom is 0.254 e. The molecular formula is C21H21ClN4O2. The minimum absolute atomic E-state index is 0.0443. The number of carbonyl (C=O) groups excluding carboxylic acids is 2. The Bertz CT molecular complexity index is 1050. The fourth-order valence-corrected chi connectivity index (χ4v) is 3.69. The summed E-state index contributed by atoms with van der Waals surface area (Å²) in [7, 11) is 0. The molecule has 6 nitrogen and oxygen atoms in total. The van der Waals surface area contributed by atoms with Crippen LogP contribution in [0.3, 0.4) is 0 Å². The van der Waals surface area contributed by atoms with Gasteiger partial charge in [-0.2, -0.15) is 0 Å². The molecule has 4 rings (SSSR count). The molecule has 3 aromatic rings. The molecule has 2 heterocycles. The number of likely N-dealkylation sites (tertiary alicyclic amines) is 1. The number of hydrogen-bond donors (Lipinski definition) is 2. The van der Waals surface area contributed by atoms with Crippen molar-refractivity contribution in [2.45, 2.75) is 26.3 Å². The summed E-state index contributed by atoms with van der Waals surface area (Å²) in [6, 6.07) is 10.6. The largest absolute Gasteiger partial charge is 0.345 e. The highest BCUT2D eigenvalue weighted by Gasteiger charge is 2.21. The van der Waals surface area contributed by atoms with Crippen LogP contribution in [-0.2, 0) is 6.54 Å². The molecule has 0 spiro atoms. The highest BCUT2D eigenvalue weighted by atomic mass is 35.5. The zero-order valence-corrected chi connectivity index (χ0v) is 16.3. The molecule has 2 aromatic carbocycles. The Morgan fingerprint density at radius 1 is 1.18 bits per heavy atom. The van der Waals surface area contributed by atoms with Gasteiger partial charge in [0.15, 0.2) is 0 Å². The molecule has 2 N–H and O–H groups in total. The van der Waals surface area contributed by atoms with E-state index in [1.165, 1.54) is 0 Å². The number of amides is 2. The summed E-state index contributed by atoms with van der Waals surface area (Å²) in [5, 5.41) is 3.49. The highest BCUT2D eigenvalue weighted by Crippen LogP contribution is 2.19. The molecule has 1 fully saturated rings. The Morgan fingerprint density at radius 3 is 2.71 bits per heavy atom. The van der Waals surface area contributed by atoms with Crippen molar-refractivity contribution < 1.29 is 9.59 Å². The number of fused-ring (bicyclic) bond motifs is 1. The Hall–Kier alpha value is -2.86. The van der Waals surface area contributed by atoms with Gasteiger partial charge in [-0.1, -0.05) is 11.6 Å². The van der Waals surface area contributed by atoms with Gasteiger partial charge in [0.2, 0.25) is 0 Å². The molecule has 0 saturated carbocycles. The fraction of sp³-hybridized carbons (Fsp3) is 0.286. The third kappa shape index (κ3) is 3.73. The van der Waals surface area contributed by atoms with Crippen LogP contribution in [0.2, 0.25) is 5.02 Å². The topological polar surface area (TPSA) is 78.1 Å². The molecule has 7 heteroatoms. The smallest absolute Gasteiger partial charge is 0.254 e. The number of nitrogens with one attached hydrogen (secondary N) is 2. The molecule has 144 valence electrons. The Kier molecular flexibility index (Phi) is 5.05. The molecular weight excluding hydrogens is 376 g/mol. The van der Waals surface area contributed by atoms with Crippen LogP contribution < -0.4 is 5.32 Å². The first kappa shape index (κ1) is 18.5. The molecule has 0 bridgehead atoms. The number of hydrogen-bond acceptors (Lipinski definition) is 3. The van der Waals surface area contributed by atoms with Crippen molar-refractivity contribution in [3.63, 3.8) is 0 Å². The number of carbonyl (C=O) groups is 2. The molecule has 0 aliphatic carbocycles. The number of aryl methyl sites for hydroxylation is 1. The number of H-pyrrole nitrogens is 1. The Morgan fingerprint density at radius 2 is 1.96 bits per heavy atom. The van der Waals surface area contributed by atoms with Crippen LogP contribution >= 0.6 is 11.6 Å². The summed E-state index contributed by atoms with van der Waals surface area (Å²) in [4.78, 5) is 34.5. The van der Waals surface area contributed by atoms with Crippen molar-refractivity contribution >= 4 is 34.4 Å². The average Bonchev–Trinajstić information content (AvgIpc) is 3.34. The van der Waals surface area contributed by atoms with E-state index in [2.05, 4.69) is 15.3 Å². The van der Waals surface area contributed by atoms with E-state index >= 15 is 0 Å². The van der Waals surface area contributed by atoms with Crippen molar-refractivity contribution in [3.8, 4) is 0 Å². The van der Waals surface area contributed by atoms with Gasteiger partial charge < -0.3 is 15.2 Å². The minimum atomic E-state index is -0.207. The number of halogens is 1. The van der Waals surface area contributed by atoms with Crippen molar-refractivity contribution in [1.29, 1.82) is 0 Å². The number of benzene rings is 2. The second-order valence-corrected chi connectivity index (χ2v) is 7.49. The van der Waals surface area contributed by atoms with Crippen LogP contribution in [-0.4, -0.2) is 39.8 Å². The summed E-state index contributed by atoms with van der Waals surface area (Å²) >= 11 is 5.98. The summed E-state index contributed by atoms with van der Waals surface area (Å²) in [5.41, 5.74) is 3.62. The monoisotopic (exact) mass is 396 g/mol. The minimum Gasteiger partial charge on any atom is -0.345 e. The van der Waals surface area contributed by atoms with Gasteiger partial charge in [0.25, 0.3) is 11.8 Å². The van der Waals surface area contributed by atoms with Crippen molar-refractivity contribution in [3.05, 3.63) is 63.9 Å². The summed E-state index contributed by atoms with van der Waals surface area (Å²) < 4.78 is 0. The van der Waals surface area contributed by atoms with E-state index in [0.29, 0.717) is 22.0 Å². The van der Waals surface area contributed by atoms with E-state index in [1.807, 2.05) is 17.9 Å². The predicted octanol–water partition coefficient (Wildman–Crippen LogP) is 3.69. The van der Waals surface area contributed by atoms with Gasteiger partial charge in [-0.3, -0.25) is 9.59 Å². The predicted molar refractivity (Wildman–Crippen MR) is 109 cm³/mol. The zero-order valence-electron chi connectivity index (χ0n) is 15.6. The number of aromatic amines is 1. The lowest BCUT2D eigenvalue weighted by Gasteiger charge is -2.17. The molecule has 28 heavy (non-hydrogen) atoms. The Labute approximate surface area is 167 Å². The normalized spacial score (nSPS) is 13.9. The van der Waals surface area contributed by atoms with Crippen molar-refractivity contribution in [1.82, 2.24) is 20.2 Å². The van der Waals surface area contributed by atoms with Crippen LogP contribution in [0.4, 0.5) is 0 Å². The van der Waals surface area contributed by atoms with E-state index in [4.69, 9.17) is 11.6 Å². The molecule has 0 atom stereocenters. The molecule has 1 aliphatic heterocycles. The van der Waals surface area contributed by atoms with Gasteiger partial charge in [0.05, 0.1) is 17.6 Å². The number of nitrogens with zero attached hydrogens (tertiary/aromatic N) is 2. The first-order chi connectivity index (χ1) is 13.5. The summed E-state index contributed by atoms with van der Waals surface area (Å²) in [6.45, 7) is 3.76. The van der Waals surface area contributed by atoms with E-state index in [0.717, 1.165) is 42.5 Å². The lowest BCUT2D eigenvalue weighted by Crippen LogP contribution is -2.28. The maximum atomic E-state index is 12.6. The molecule has 1 aliphatic rings. The Balaban J connectivity index is 1.44. The number of aromatic nitrogens is 2. The zero-order chi connectivity index (χ0) is 19.7. The SMILES string of the molecule is Cc1cc(C(=O)NCc2nc3ccc(Cl)cc3[nH]2)ccc1C(=O)N1CCCC1. The maximum absolute atomic E-state index is 12.6. The quantitative estimate of drug-likeness (QED) is 0.706. The van der Waals surface area contributed by atoms with Gasteiger partial charge in [-0.15, -0.1) is 0 Å². The number of imidazole rings is 1. The van der Waals surface area contributed by atoms with Gasteiger partial charge >= 0.3 is 0 Å². The molecule has 0 radical (unpaired) electrons. The van der Waals surface area contributed by atoms with E-state index in [-0.39, 0.29) is 18.4 Å². The van der Waals surface area contributed by atoms with Crippen LogP contribution in [0.25, 0.3) is 11.0 Å². The van der Waals surface area contributed by atoms with Gasteiger partial charge in [0.1, 0.15) is 5.82 Å². The molecule has 0 unspecified atom stereocenters. The molecule has 1 saturated heterocycles. The van der Waals surface area contributed by atoms with E-state index < -0.39 is 0 Å². The second kappa shape index (κ2) is 7.64. The lowest BCUT2D eigenvalue weighted by atomic mass is 10.0. The van der Waals surface area contributed by atoms with Crippen LogP contribution in [0, 0.1) is 6.92 Å². The third-order valence-electron chi connectivity index (χ3n) is 5.02. The van der Waals surface area contributed by atoms with Gasteiger partial charge in [-0.25, -0.2) is 4.98 Å². The fourth-order valence-electron chi connectivity index (χ4n) is 3.52. The van der Waals surface area contributed by atoms with Crippen molar-refractivity contribution in [2.24, 2.45) is 0 Å². The highest BCUT2D eigenvalue weighted by molar-refractivity contribution is 6.31. The second-order valence-electron chi connectivity index (χ2n) is 7.06. The first-order valence-electron chi connectivity index (χ1n) is 9.33. The van der Waals surface area contributed by atoms with Gasteiger partial charge in [0, 0.05) is 29.2 Å². The molecule has 2 amide bonds. The van der Waals surface area contributed by atoms with Crippen molar-refractivity contribution in [2.75, 3.05) is 13.1 Å². The van der Waals surface area contributed by atoms with E-state index in [1.54, 1.807) is 30.3 Å². The molecule has 1 aromatic heterocycles. The summed E-state index contributed by atoms with van der Waals surface area (Å²) in [6.07, 6.45) is 2.11. The van der Waals surface area contributed by atoms with E-state index in [9.17, 15) is 9.59 Å². The number of rotatable bonds is 4. The standard InChI is InChI=1S/C21H21ClN4O2/c1-13-10-14(4-6-16(13)21(28)26-8-2-3-9-26)20(27)23-12-19-24-17-7-5-15(22)11-18(17)25-19/h4-7,10-11H,2-3,8-9,12H2,1H3,(H,23,27)(H,24,25). The van der Waals surface area contributed by atoms with Crippen LogP contribution in [0.5, 0.6) is 0 Å². The van der Waals surface area contributed by atoms with Crippen LogP contribution in [0.1, 0.15) is 44.9 Å². The third-order valence-corrected chi connectivity index (χ3v) is 5.26.